The highest BCUT2D eigenvalue weighted by molar-refractivity contribution is 6.36. The van der Waals surface area contributed by atoms with Crippen LogP contribution in [0, 0.1) is 11.3 Å². The summed E-state index contributed by atoms with van der Waals surface area (Å²) in [5.41, 5.74) is 2.57. The number of carboxylic acids is 1. The number of aliphatic carboxylic acids is 1. The molecule has 0 unspecified atom stereocenters. The van der Waals surface area contributed by atoms with Gasteiger partial charge in [-0.1, -0.05) is 50.4 Å². The predicted molar refractivity (Wildman–Crippen MR) is 99.3 cm³/mol. The Morgan fingerprint density at radius 2 is 1.96 bits per heavy atom. The summed E-state index contributed by atoms with van der Waals surface area (Å²) in [6, 6.07) is 2.08. The molecule has 0 aromatic heterocycles. The van der Waals surface area contributed by atoms with E-state index in [9.17, 15) is 9.90 Å². The van der Waals surface area contributed by atoms with E-state index in [0.717, 1.165) is 47.7 Å². The summed E-state index contributed by atoms with van der Waals surface area (Å²) >= 11 is 13.3. The molecule has 0 bridgehead atoms. The smallest absolute Gasteiger partial charge is 0.309 e. The van der Waals surface area contributed by atoms with Crippen LogP contribution >= 0.6 is 23.2 Å². The highest BCUT2D eigenvalue weighted by Crippen LogP contribution is 2.59. The Morgan fingerprint density at radius 3 is 2.54 bits per heavy atom. The van der Waals surface area contributed by atoms with Crippen molar-refractivity contribution in [1.29, 1.82) is 0 Å². The maximum atomic E-state index is 12.0. The van der Waals surface area contributed by atoms with Crippen molar-refractivity contribution in [3.63, 3.8) is 0 Å². The number of fused-ring (bicyclic) bond motifs is 3. The molecule has 1 aromatic carbocycles. The topological polar surface area (TPSA) is 37.3 Å². The van der Waals surface area contributed by atoms with Crippen LogP contribution in [-0.2, 0) is 16.6 Å². The fourth-order valence-electron chi connectivity index (χ4n) is 5.34. The summed E-state index contributed by atoms with van der Waals surface area (Å²) in [4.78, 5) is 12.0. The summed E-state index contributed by atoms with van der Waals surface area (Å²) in [5.74, 6) is -0.268. The Morgan fingerprint density at radius 1 is 1.29 bits per heavy atom. The second kappa shape index (κ2) is 5.92. The summed E-state index contributed by atoms with van der Waals surface area (Å²) in [6.07, 6.45) is 4.40. The van der Waals surface area contributed by atoms with Crippen LogP contribution in [0.25, 0.3) is 0 Å². The van der Waals surface area contributed by atoms with Crippen LogP contribution in [0.2, 0.25) is 10.0 Å². The maximum absolute atomic E-state index is 12.0. The first-order valence-electron chi connectivity index (χ1n) is 8.87. The van der Waals surface area contributed by atoms with E-state index in [1.54, 1.807) is 0 Å². The van der Waals surface area contributed by atoms with Crippen molar-refractivity contribution in [3.05, 3.63) is 32.8 Å². The summed E-state index contributed by atoms with van der Waals surface area (Å²) in [5, 5.41) is 11.4. The Kier molecular flexibility index (Phi) is 4.45. The minimum Gasteiger partial charge on any atom is -0.481 e. The van der Waals surface area contributed by atoms with E-state index in [-0.39, 0.29) is 17.3 Å². The quantitative estimate of drug-likeness (QED) is 0.673. The molecule has 1 N–H and O–H groups in total. The number of hydrogen-bond donors (Lipinski definition) is 1. The number of carbonyl (C=O) groups is 1. The molecule has 2 nitrogen and oxygen atoms in total. The lowest BCUT2D eigenvalue weighted by molar-refractivity contribution is -0.157. The summed E-state index contributed by atoms with van der Waals surface area (Å²) in [6.45, 7) is 8.36. The zero-order valence-electron chi connectivity index (χ0n) is 14.9. The monoisotopic (exact) mass is 368 g/mol. The molecule has 3 rings (SSSR count). The fourth-order valence-corrected chi connectivity index (χ4v) is 6.33. The van der Waals surface area contributed by atoms with Gasteiger partial charge in [0.25, 0.3) is 0 Å². The second-order valence-corrected chi connectivity index (χ2v) is 9.14. The van der Waals surface area contributed by atoms with Gasteiger partial charge in [-0.25, -0.2) is 0 Å². The molecule has 0 radical (unpaired) electrons. The van der Waals surface area contributed by atoms with E-state index in [2.05, 4.69) is 26.8 Å². The number of halogens is 2. The van der Waals surface area contributed by atoms with Crippen molar-refractivity contribution < 1.29 is 9.90 Å². The second-order valence-electron chi connectivity index (χ2n) is 8.35. The summed E-state index contributed by atoms with van der Waals surface area (Å²) in [7, 11) is 0. The molecule has 0 amide bonds. The van der Waals surface area contributed by atoms with Crippen molar-refractivity contribution in [2.24, 2.45) is 11.3 Å². The van der Waals surface area contributed by atoms with Gasteiger partial charge < -0.3 is 5.11 Å². The van der Waals surface area contributed by atoms with E-state index in [1.165, 1.54) is 11.1 Å². The zero-order valence-corrected chi connectivity index (χ0v) is 16.4. The summed E-state index contributed by atoms with van der Waals surface area (Å²) < 4.78 is 0. The molecule has 0 saturated heterocycles. The average molecular weight is 369 g/mol. The molecule has 1 saturated carbocycles. The first-order valence-corrected chi connectivity index (χ1v) is 9.63. The molecule has 132 valence electrons. The van der Waals surface area contributed by atoms with Gasteiger partial charge in [-0.2, -0.15) is 0 Å². The normalized spacial score (nSPS) is 32.4. The average Bonchev–Trinajstić information content (AvgIpc) is 2.47. The van der Waals surface area contributed by atoms with Crippen molar-refractivity contribution in [2.45, 2.75) is 71.1 Å². The van der Waals surface area contributed by atoms with Gasteiger partial charge in [0.05, 0.1) is 5.41 Å². The van der Waals surface area contributed by atoms with Crippen LogP contribution in [0.3, 0.4) is 0 Å². The molecule has 2 aliphatic carbocycles. The van der Waals surface area contributed by atoms with Gasteiger partial charge in [-0.15, -0.1) is 0 Å². The Labute approximate surface area is 154 Å². The van der Waals surface area contributed by atoms with Gasteiger partial charge in [-0.05, 0) is 72.6 Å². The van der Waals surface area contributed by atoms with E-state index < -0.39 is 11.4 Å². The third-order valence-electron chi connectivity index (χ3n) is 6.65. The molecule has 2 aliphatic rings. The van der Waals surface area contributed by atoms with Gasteiger partial charge in [-0.3, -0.25) is 4.79 Å². The Balaban J connectivity index is 2.19. The van der Waals surface area contributed by atoms with Crippen molar-refractivity contribution in [3.8, 4) is 0 Å². The highest BCUT2D eigenvalue weighted by atomic mass is 35.5. The minimum atomic E-state index is -0.669. The van der Waals surface area contributed by atoms with Crippen LogP contribution in [0.15, 0.2) is 6.07 Å². The number of carboxylic acid groups (broad SMARTS) is 1. The van der Waals surface area contributed by atoms with E-state index in [1.807, 2.05) is 6.92 Å². The van der Waals surface area contributed by atoms with Gasteiger partial charge in [0, 0.05) is 10.0 Å². The van der Waals surface area contributed by atoms with E-state index >= 15 is 0 Å². The van der Waals surface area contributed by atoms with Crippen LogP contribution < -0.4 is 0 Å². The first-order chi connectivity index (χ1) is 11.1. The largest absolute Gasteiger partial charge is 0.481 e. The van der Waals surface area contributed by atoms with E-state index in [0.29, 0.717) is 0 Å². The van der Waals surface area contributed by atoms with Crippen molar-refractivity contribution in [1.82, 2.24) is 0 Å². The molecule has 4 heteroatoms. The number of benzene rings is 1. The Bertz CT molecular complexity index is 697. The van der Waals surface area contributed by atoms with Gasteiger partial charge in [0.2, 0.25) is 0 Å². The standard InChI is InChI=1S/C20H26Cl2O2/c1-11(2)16-14(21)10-13-12(17(16)22)6-7-15-19(13,3)8-5-9-20(15,4)18(23)24/h10-11,15H,5-9H2,1-4H3,(H,23,24)/t15-,19-,20+/m1/s1. The molecule has 3 atom stereocenters. The molecule has 0 heterocycles. The molecular weight excluding hydrogens is 343 g/mol. The molecule has 24 heavy (non-hydrogen) atoms. The van der Waals surface area contributed by atoms with Crippen molar-refractivity contribution in [2.75, 3.05) is 0 Å². The molecular formula is C20H26Cl2O2. The van der Waals surface area contributed by atoms with Crippen LogP contribution in [-0.4, -0.2) is 11.1 Å². The molecule has 0 aliphatic heterocycles. The zero-order chi connectivity index (χ0) is 17.9. The lowest BCUT2D eigenvalue weighted by atomic mass is 9.49. The predicted octanol–water partition coefficient (Wildman–Crippen LogP) is 6.21. The maximum Gasteiger partial charge on any atom is 0.309 e. The van der Waals surface area contributed by atoms with Gasteiger partial charge in [0.15, 0.2) is 0 Å². The third-order valence-corrected chi connectivity index (χ3v) is 7.39. The fraction of sp³-hybridized carbons (Fsp3) is 0.650. The lowest BCUT2D eigenvalue weighted by Gasteiger charge is -2.54. The number of hydrogen-bond acceptors (Lipinski definition) is 1. The molecule has 1 fully saturated rings. The van der Waals surface area contributed by atoms with Crippen molar-refractivity contribution >= 4 is 29.2 Å². The van der Waals surface area contributed by atoms with Gasteiger partial charge in [0.1, 0.15) is 0 Å². The van der Waals surface area contributed by atoms with E-state index in [4.69, 9.17) is 23.2 Å². The van der Waals surface area contributed by atoms with Crippen LogP contribution in [0.4, 0.5) is 0 Å². The van der Waals surface area contributed by atoms with Gasteiger partial charge >= 0.3 is 5.97 Å². The number of rotatable bonds is 2. The molecule has 1 aromatic rings. The highest BCUT2D eigenvalue weighted by Gasteiger charge is 2.55. The minimum absolute atomic E-state index is 0.126. The molecule has 0 spiro atoms. The SMILES string of the molecule is CC(C)c1c(Cl)cc2c(c1Cl)CC[C@H]1[C@@](C)(C(=O)O)CCC[C@]21C. The van der Waals surface area contributed by atoms with Crippen LogP contribution in [0.1, 0.15) is 76.0 Å². The Hall–Kier alpha value is -0.730. The lowest BCUT2D eigenvalue weighted by Crippen LogP contribution is -2.52. The first kappa shape index (κ1) is 18.1. The van der Waals surface area contributed by atoms with Crippen LogP contribution in [0.5, 0.6) is 0 Å². The third kappa shape index (κ3) is 2.41.